The molecule has 2 heteroatoms. The van der Waals surface area contributed by atoms with Crippen molar-refractivity contribution in [3.63, 3.8) is 0 Å². The average molecular weight is 233 g/mol. The van der Waals surface area contributed by atoms with Gasteiger partial charge in [0.1, 0.15) is 5.75 Å². The third-order valence-electron chi connectivity index (χ3n) is 3.66. The number of phenols is 1. The second kappa shape index (κ2) is 6.06. The van der Waals surface area contributed by atoms with Crippen LogP contribution in [-0.2, 0) is 6.42 Å². The summed E-state index contributed by atoms with van der Waals surface area (Å²) in [5.74, 6) is 1.17. The first kappa shape index (κ1) is 12.4. The Bertz CT molecular complexity index is 351. The van der Waals surface area contributed by atoms with Gasteiger partial charge in [-0.1, -0.05) is 19.1 Å². The van der Waals surface area contributed by atoms with Crippen LogP contribution < -0.4 is 5.32 Å². The summed E-state index contributed by atoms with van der Waals surface area (Å²) in [4.78, 5) is 0. The van der Waals surface area contributed by atoms with Crippen molar-refractivity contribution in [2.75, 3.05) is 6.54 Å². The van der Waals surface area contributed by atoms with Gasteiger partial charge in [0.25, 0.3) is 0 Å². The molecule has 17 heavy (non-hydrogen) atoms. The van der Waals surface area contributed by atoms with Crippen molar-refractivity contribution in [3.05, 3.63) is 29.8 Å². The molecule has 2 N–H and O–H groups in total. The first-order valence-corrected chi connectivity index (χ1v) is 6.79. The van der Waals surface area contributed by atoms with E-state index in [9.17, 15) is 5.11 Å². The minimum absolute atomic E-state index is 0.390. The lowest BCUT2D eigenvalue weighted by Crippen LogP contribution is -2.27. The SMILES string of the molecule is CCCNC1CCC(Cc2cccc(O)c2)C1. The van der Waals surface area contributed by atoms with Crippen molar-refractivity contribution >= 4 is 0 Å². The maximum absolute atomic E-state index is 9.44. The molecule has 2 nitrogen and oxygen atoms in total. The van der Waals surface area contributed by atoms with Crippen LogP contribution in [0, 0.1) is 5.92 Å². The predicted molar refractivity (Wildman–Crippen MR) is 71.2 cm³/mol. The summed E-state index contributed by atoms with van der Waals surface area (Å²) < 4.78 is 0. The van der Waals surface area contributed by atoms with Gasteiger partial charge in [-0.2, -0.15) is 0 Å². The van der Waals surface area contributed by atoms with Crippen molar-refractivity contribution in [2.24, 2.45) is 5.92 Å². The minimum atomic E-state index is 0.390. The fraction of sp³-hybridized carbons (Fsp3) is 0.600. The summed E-state index contributed by atoms with van der Waals surface area (Å²) in [6.45, 7) is 3.36. The highest BCUT2D eigenvalue weighted by molar-refractivity contribution is 5.27. The second-order valence-electron chi connectivity index (χ2n) is 5.20. The Morgan fingerprint density at radius 3 is 3.00 bits per heavy atom. The largest absolute Gasteiger partial charge is 0.508 e. The summed E-state index contributed by atoms with van der Waals surface area (Å²) in [6.07, 6.45) is 6.24. The van der Waals surface area contributed by atoms with Gasteiger partial charge in [-0.15, -0.1) is 0 Å². The quantitative estimate of drug-likeness (QED) is 0.819. The lowest BCUT2D eigenvalue weighted by atomic mass is 9.97. The predicted octanol–water partition coefficient (Wildman–Crippen LogP) is 3.10. The van der Waals surface area contributed by atoms with Crippen LogP contribution in [0.5, 0.6) is 5.75 Å². The van der Waals surface area contributed by atoms with Gasteiger partial charge in [0, 0.05) is 6.04 Å². The van der Waals surface area contributed by atoms with Crippen molar-refractivity contribution < 1.29 is 5.11 Å². The van der Waals surface area contributed by atoms with Gasteiger partial charge < -0.3 is 10.4 Å². The van der Waals surface area contributed by atoms with E-state index in [0.717, 1.165) is 24.9 Å². The van der Waals surface area contributed by atoms with E-state index in [2.05, 4.69) is 18.3 Å². The van der Waals surface area contributed by atoms with Crippen LogP contribution in [0.15, 0.2) is 24.3 Å². The summed E-state index contributed by atoms with van der Waals surface area (Å²) in [5, 5.41) is 13.1. The zero-order valence-corrected chi connectivity index (χ0v) is 10.7. The average Bonchev–Trinajstić information content (AvgIpc) is 2.74. The highest BCUT2D eigenvalue weighted by atomic mass is 16.3. The number of hydrogen-bond acceptors (Lipinski definition) is 2. The number of aromatic hydroxyl groups is 1. The standard InChI is InChI=1S/C15H23NO/c1-2-8-16-14-7-6-13(10-14)9-12-4-3-5-15(17)11-12/h3-5,11,13-14,16-17H,2,6-10H2,1H3. The molecule has 1 aromatic carbocycles. The topological polar surface area (TPSA) is 32.3 Å². The molecule has 1 aromatic rings. The molecule has 0 radical (unpaired) electrons. The Morgan fingerprint density at radius 2 is 2.24 bits per heavy atom. The number of phenolic OH excluding ortho intramolecular Hbond substituents is 1. The molecule has 1 aliphatic carbocycles. The van der Waals surface area contributed by atoms with E-state index in [1.165, 1.54) is 31.2 Å². The lowest BCUT2D eigenvalue weighted by molar-refractivity contribution is 0.469. The summed E-state index contributed by atoms with van der Waals surface area (Å²) >= 11 is 0. The maximum atomic E-state index is 9.44. The van der Waals surface area contributed by atoms with E-state index in [-0.39, 0.29) is 0 Å². The van der Waals surface area contributed by atoms with E-state index in [0.29, 0.717) is 5.75 Å². The Hall–Kier alpha value is -1.02. The van der Waals surface area contributed by atoms with Gasteiger partial charge in [0.05, 0.1) is 0 Å². The fourth-order valence-corrected chi connectivity index (χ4v) is 2.81. The highest BCUT2D eigenvalue weighted by Crippen LogP contribution is 2.29. The Kier molecular flexibility index (Phi) is 4.43. The molecule has 0 saturated heterocycles. The van der Waals surface area contributed by atoms with Gasteiger partial charge in [0.15, 0.2) is 0 Å². The van der Waals surface area contributed by atoms with Crippen LogP contribution >= 0.6 is 0 Å². The van der Waals surface area contributed by atoms with E-state index < -0.39 is 0 Å². The number of hydrogen-bond donors (Lipinski definition) is 2. The van der Waals surface area contributed by atoms with E-state index in [4.69, 9.17) is 0 Å². The van der Waals surface area contributed by atoms with Crippen LogP contribution in [-0.4, -0.2) is 17.7 Å². The van der Waals surface area contributed by atoms with Crippen molar-refractivity contribution in [1.82, 2.24) is 5.32 Å². The molecule has 1 fully saturated rings. The molecule has 1 saturated carbocycles. The molecule has 0 heterocycles. The second-order valence-corrected chi connectivity index (χ2v) is 5.20. The third kappa shape index (κ3) is 3.74. The molecule has 0 bridgehead atoms. The van der Waals surface area contributed by atoms with Crippen molar-refractivity contribution in [1.29, 1.82) is 0 Å². The number of nitrogens with one attached hydrogen (secondary N) is 1. The zero-order valence-electron chi connectivity index (χ0n) is 10.7. The van der Waals surface area contributed by atoms with Gasteiger partial charge in [0.2, 0.25) is 0 Å². The maximum Gasteiger partial charge on any atom is 0.115 e. The summed E-state index contributed by atoms with van der Waals surface area (Å²) in [5.41, 5.74) is 1.27. The smallest absolute Gasteiger partial charge is 0.115 e. The molecule has 0 spiro atoms. The molecular formula is C15H23NO. The first-order chi connectivity index (χ1) is 8.28. The molecular weight excluding hydrogens is 210 g/mol. The molecule has 94 valence electrons. The lowest BCUT2D eigenvalue weighted by Gasteiger charge is -2.12. The molecule has 0 aliphatic heterocycles. The zero-order chi connectivity index (χ0) is 12.1. The number of benzene rings is 1. The van der Waals surface area contributed by atoms with E-state index in [1.54, 1.807) is 6.07 Å². The molecule has 1 aliphatic rings. The van der Waals surface area contributed by atoms with Crippen LogP contribution in [0.1, 0.15) is 38.2 Å². The van der Waals surface area contributed by atoms with Gasteiger partial charge in [-0.05, 0) is 62.3 Å². The Morgan fingerprint density at radius 1 is 1.35 bits per heavy atom. The Balaban J connectivity index is 1.81. The number of rotatable bonds is 5. The third-order valence-corrected chi connectivity index (χ3v) is 3.66. The Labute approximate surface area is 104 Å². The summed E-state index contributed by atoms with van der Waals surface area (Å²) in [6, 6.07) is 8.41. The van der Waals surface area contributed by atoms with Crippen molar-refractivity contribution in [3.8, 4) is 5.75 Å². The monoisotopic (exact) mass is 233 g/mol. The molecule has 2 rings (SSSR count). The van der Waals surface area contributed by atoms with Gasteiger partial charge in [-0.25, -0.2) is 0 Å². The molecule has 2 unspecified atom stereocenters. The molecule has 2 atom stereocenters. The van der Waals surface area contributed by atoms with Crippen LogP contribution in [0.25, 0.3) is 0 Å². The van der Waals surface area contributed by atoms with Gasteiger partial charge >= 0.3 is 0 Å². The van der Waals surface area contributed by atoms with Crippen LogP contribution in [0.4, 0.5) is 0 Å². The first-order valence-electron chi connectivity index (χ1n) is 6.79. The van der Waals surface area contributed by atoms with Crippen molar-refractivity contribution in [2.45, 2.75) is 45.1 Å². The van der Waals surface area contributed by atoms with E-state index >= 15 is 0 Å². The fourth-order valence-electron chi connectivity index (χ4n) is 2.81. The van der Waals surface area contributed by atoms with Gasteiger partial charge in [-0.3, -0.25) is 0 Å². The highest BCUT2D eigenvalue weighted by Gasteiger charge is 2.23. The minimum Gasteiger partial charge on any atom is -0.508 e. The molecule has 0 aromatic heterocycles. The van der Waals surface area contributed by atoms with Crippen LogP contribution in [0.3, 0.4) is 0 Å². The molecule has 0 amide bonds. The normalized spacial score (nSPS) is 24.1. The summed E-state index contributed by atoms with van der Waals surface area (Å²) in [7, 11) is 0. The van der Waals surface area contributed by atoms with Crippen LogP contribution in [0.2, 0.25) is 0 Å². The van der Waals surface area contributed by atoms with E-state index in [1.807, 2.05) is 12.1 Å².